The highest BCUT2D eigenvalue weighted by Gasteiger charge is 2.38. The van der Waals surface area contributed by atoms with Crippen molar-refractivity contribution >= 4 is 35.0 Å². The van der Waals surface area contributed by atoms with Crippen LogP contribution in [0, 0.1) is 11.8 Å². The third-order valence-corrected chi connectivity index (χ3v) is 11.1. The van der Waals surface area contributed by atoms with E-state index in [9.17, 15) is 19.2 Å². The monoisotopic (exact) mass is 804 g/mol. The van der Waals surface area contributed by atoms with Crippen LogP contribution in [0.15, 0.2) is 72.9 Å². The molecule has 59 heavy (non-hydrogen) atoms. The van der Waals surface area contributed by atoms with Gasteiger partial charge < -0.3 is 39.9 Å². The first kappa shape index (κ1) is 42.4. The number of ether oxygens (including phenoxy) is 2. The maximum absolute atomic E-state index is 13.7. The average Bonchev–Trinajstić information content (AvgIpc) is 4.03. The van der Waals surface area contributed by atoms with Crippen LogP contribution in [0.1, 0.15) is 84.5 Å². The van der Waals surface area contributed by atoms with E-state index in [0.29, 0.717) is 18.9 Å². The minimum atomic E-state index is -0.727. The Labute approximate surface area is 345 Å². The molecule has 1 fully saturated rings. The van der Waals surface area contributed by atoms with Gasteiger partial charge in [0.15, 0.2) is 0 Å². The first-order valence-corrected chi connectivity index (χ1v) is 20.4. The van der Waals surface area contributed by atoms with Crippen molar-refractivity contribution in [2.24, 2.45) is 11.8 Å². The van der Waals surface area contributed by atoms with Crippen molar-refractivity contribution in [1.29, 1.82) is 0 Å². The van der Waals surface area contributed by atoms with E-state index in [1.54, 1.807) is 11.1 Å². The van der Waals surface area contributed by atoms with Gasteiger partial charge in [-0.1, -0.05) is 89.2 Å². The zero-order valence-corrected chi connectivity index (χ0v) is 35.2. The van der Waals surface area contributed by atoms with Crippen molar-refractivity contribution < 1.29 is 28.7 Å². The zero-order valence-electron chi connectivity index (χ0n) is 35.2. The van der Waals surface area contributed by atoms with Crippen LogP contribution in [0.3, 0.4) is 0 Å². The number of carbonyl (C=O) groups excluding carboxylic acids is 4. The van der Waals surface area contributed by atoms with E-state index >= 15 is 0 Å². The molecule has 4 atom stereocenters. The summed E-state index contributed by atoms with van der Waals surface area (Å²) in [6, 6.07) is 20.9. The van der Waals surface area contributed by atoms with E-state index in [1.165, 1.54) is 14.2 Å². The fourth-order valence-corrected chi connectivity index (χ4v) is 7.71. The molecule has 1 aliphatic rings. The van der Waals surface area contributed by atoms with E-state index < -0.39 is 24.3 Å². The number of alkyl carbamates (subject to hydrolysis) is 2. The number of methoxy groups -OCH3 is 2. The van der Waals surface area contributed by atoms with Crippen LogP contribution < -0.4 is 10.6 Å². The van der Waals surface area contributed by atoms with Crippen molar-refractivity contribution in [2.75, 3.05) is 27.3 Å². The number of nitrogens with one attached hydrogen (secondary N) is 4. The molecule has 0 bridgehead atoms. The second-order valence-electron chi connectivity index (χ2n) is 15.8. The Bertz CT molecular complexity index is 2250. The second-order valence-corrected chi connectivity index (χ2v) is 15.8. The van der Waals surface area contributed by atoms with Crippen LogP contribution in [-0.4, -0.2) is 93.1 Å². The standard InChI is InChI=1S/C45H56N8O6/c1-9-22-52(42(54)38(26(2)3)50-44(56)58-7)28(6)40-47-34-21-20-33(24-35(34)48-40)31-14-12-29(13-15-31)30-16-18-32(19-17-30)36-25-46-41(49-36)37-11-10-23-53(37)43(55)39(27(4)5)51-45(57)59-8/h12-21,24-28,37-39H,9-11,22-23H2,1-8H3,(H,46,49)(H,47,48)(H,50,56)(H,51,57)/t28-,37-,38-,39?/m0/s1. The molecule has 3 aromatic carbocycles. The van der Waals surface area contributed by atoms with Gasteiger partial charge in [-0.05, 0) is 78.0 Å². The molecular formula is C45H56N8O6. The molecule has 0 saturated carbocycles. The average molecular weight is 805 g/mol. The lowest BCUT2D eigenvalue weighted by Gasteiger charge is -2.32. The van der Waals surface area contributed by atoms with Crippen LogP contribution in [0.2, 0.25) is 0 Å². The highest BCUT2D eigenvalue weighted by atomic mass is 16.5. The summed E-state index contributed by atoms with van der Waals surface area (Å²) < 4.78 is 9.54. The van der Waals surface area contributed by atoms with E-state index in [4.69, 9.17) is 14.5 Å². The molecule has 0 radical (unpaired) electrons. The van der Waals surface area contributed by atoms with Crippen LogP contribution in [0.4, 0.5) is 9.59 Å². The molecule has 14 nitrogen and oxygen atoms in total. The van der Waals surface area contributed by atoms with Gasteiger partial charge in [0.05, 0.1) is 49.2 Å². The van der Waals surface area contributed by atoms with Crippen molar-refractivity contribution in [3.8, 4) is 33.5 Å². The number of fused-ring (bicyclic) bond motifs is 1. The predicted molar refractivity (Wildman–Crippen MR) is 227 cm³/mol. The molecule has 4 amide bonds. The molecule has 0 aliphatic carbocycles. The van der Waals surface area contributed by atoms with Gasteiger partial charge >= 0.3 is 12.2 Å². The third-order valence-electron chi connectivity index (χ3n) is 11.1. The van der Waals surface area contributed by atoms with Gasteiger partial charge in [-0.25, -0.2) is 19.6 Å². The highest BCUT2D eigenvalue weighted by Crippen LogP contribution is 2.34. The summed E-state index contributed by atoms with van der Waals surface area (Å²) in [5.74, 6) is 0.838. The fourth-order valence-electron chi connectivity index (χ4n) is 7.71. The number of amides is 4. The van der Waals surface area contributed by atoms with Gasteiger partial charge in [0.25, 0.3) is 0 Å². The predicted octanol–water partition coefficient (Wildman–Crippen LogP) is 8.01. The van der Waals surface area contributed by atoms with E-state index in [0.717, 1.165) is 69.6 Å². The number of hydrogen-bond donors (Lipinski definition) is 4. The van der Waals surface area contributed by atoms with Gasteiger partial charge in [-0.15, -0.1) is 0 Å². The number of carbonyl (C=O) groups is 4. The topological polar surface area (TPSA) is 175 Å². The van der Waals surface area contributed by atoms with Crippen LogP contribution in [0.25, 0.3) is 44.5 Å². The number of hydrogen-bond acceptors (Lipinski definition) is 8. The summed E-state index contributed by atoms with van der Waals surface area (Å²) in [5.41, 5.74) is 7.74. The molecule has 3 heterocycles. The maximum Gasteiger partial charge on any atom is 0.407 e. The van der Waals surface area contributed by atoms with Crippen molar-refractivity contribution in [3.63, 3.8) is 0 Å². The smallest absolute Gasteiger partial charge is 0.407 e. The van der Waals surface area contributed by atoms with Gasteiger partial charge in [-0.3, -0.25) is 9.59 Å². The van der Waals surface area contributed by atoms with Crippen molar-refractivity contribution in [1.82, 2.24) is 40.4 Å². The largest absolute Gasteiger partial charge is 0.453 e. The van der Waals surface area contributed by atoms with E-state index in [2.05, 4.69) is 80.2 Å². The van der Waals surface area contributed by atoms with Crippen LogP contribution in [0.5, 0.6) is 0 Å². The van der Waals surface area contributed by atoms with Crippen LogP contribution in [-0.2, 0) is 19.1 Å². The maximum atomic E-state index is 13.7. The summed E-state index contributed by atoms with van der Waals surface area (Å²) in [7, 11) is 2.58. The molecule has 6 rings (SSSR count). The van der Waals surface area contributed by atoms with Crippen LogP contribution >= 0.6 is 0 Å². The third kappa shape index (κ3) is 9.42. The highest BCUT2D eigenvalue weighted by molar-refractivity contribution is 5.88. The lowest BCUT2D eigenvalue weighted by molar-refractivity contribution is -0.137. The first-order chi connectivity index (χ1) is 28.3. The van der Waals surface area contributed by atoms with Crippen molar-refractivity contribution in [2.45, 2.75) is 85.0 Å². The number of nitrogens with zero attached hydrogens (tertiary/aromatic N) is 4. The molecule has 0 spiro atoms. The quantitative estimate of drug-likeness (QED) is 0.0873. The van der Waals surface area contributed by atoms with Gasteiger partial charge in [0.1, 0.15) is 23.7 Å². The van der Waals surface area contributed by atoms with Gasteiger partial charge in [0.2, 0.25) is 11.8 Å². The lowest BCUT2D eigenvalue weighted by atomic mass is 9.99. The zero-order chi connectivity index (χ0) is 42.4. The summed E-state index contributed by atoms with van der Waals surface area (Å²) in [6.07, 6.45) is 2.92. The lowest BCUT2D eigenvalue weighted by Crippen LogP contribution is -2.52. The van der Waals surface area contributed by atoms with E-state index in [1.807, 2.05) is 58.6 Å². The molecule has 1 aliphatic heterocycles. The summed E-state index contributed by atoms with van der Waals surface area (Å²) in [6.45, 7) is 12.7. The molecule has 14 heteroatoms. The normalized spacial score (nSPS) is 15.6. The fraction of sp³-hybridized carbons (Fsp3) is 0.422. The Balaban J connectivity index is 1.13. The molecule has 1 saturated heterocycles. The Morgan fingerprint density at radius 3 is 1.93 bits per heavy atom. The van der Waals surface area contributed by atoms with E-state index in [-0.39, 0.29) is 35.7 Å². The number of rotatable bonds is 14. The van der Waals surface area contributed by atoms with Gasteiger partial charge in [0, 0.05) is 13.1 Å². The molecule has 312 valence electrons. The minimum Gasteiger partial charge on any atom is -0.453 e. The summed E-state index contributed by atoms with van der Waals surface area (Å²) in [4.78, 5) is 71.3. The number of H-pyrrole nitrogens is 2. The minimum absolute atomic E-state index is 0.105. The number of likely N-dealkylation sites (tertiary alicyclic amines) is 1. The molecule has 4 N–H and O–H groups in total. The van der Waals surface area contributed by atoms with Crippen molar-refractivity contribution in [3.05, 3.63) is 84.6 Å². The Hall–Kier alpha value is -6.18. The Morgan fingerprint density at radius 1 is 0.797 bits per heavy atom. The second kappa shape index (κ2) is 18.6. The Kier molecular flexibility index (Phi) is 13.4. The molecular weight excluding hydrogens is 749 g/mol. The summed E-state index contributed by atoms with van der Waals surface area (Å²) in [5, 5.41) is 5.40. The molecule has 2 aromatic heterocycles. The SMILES string of the molecule is CCCN(C(=O)[C@@H](NC(=O)OC)C(C)C)[C@@H](C)c1nc2ccc(-c3ccc(-c4ccc(-c5cnc([C@@H]6CCCN6C(=O)C(NC(=O)OC)C(C)C)[nH]5)cc4)cc3)cc2[nH]1. The number of aromatic amines is 2. The number of imidazole rings is 2. The first-order valence-electron chi connectivity index (χ1n) is 20.4. The molecule has 5 aromatic rings. The van der Waals surface area contributed by atoms with Gasteiger partial charge in [-0.2, -0.15) is 0 Å². The molecule has 1 unspecified atom stereocenters. The number of benzene rings is 3. The number of aromatic nitrogens is 4. The Morgan fingerprint density at radius 2 is 1.36 bits per heavy atom. The summed E-state index contributed by atoms with van der Waals surface area (Å²) >= 11 is 0.